The van der Waals surface area contributed by atoms with Crippen LogP contribution in [0.25, 0.3) is 0 Å². The maximum absolute atomic E-state index is 12.9. The van der Waals surface area contributed by atoms with Crippen molar-refractivity contribution in [3.8, 4) is 17.2 Å². The molecule has 4 rings (SSSR count). The first-order valence-corrected chi connectivity index (χ1v) is 9.80. The summed E-state index contributed by atoms with van der Waals surface area (Å²) in [7, 11) is 1.75. The van der Waals surface area contributed by atoms with Gasteiger partial charge in [-0.3, -0.25) is 4.79 Å². The summed E-state index contributed by atoms with van der Waals surface area (Å²) in [6.07, 6.45) is -0.229. The first kappa shape index (κ1) is 19.8. The fourth-order valence-corrected chi connectivity index (χ4v) is 3.34. The fourth-order valence-electron chi connectivity index (χ4n) is 3.34. The second-order valence-electron chi connectivity index (χ2n) is 7.30. The summed E-state index contributed by atoms with van der Waals surface area (Å²) in [4.78, 5) is 14.5. The minimum atomic E-state index is -0.229. The van der Waals surface area contributed by atoms with Crippen molar-refractivity contribution in [3.63, 3.8) is 0 Å². The Morgan fingerprint density at radius 1 is 1.17 bits per heavy atom. The lowest BCUT2D eigenvalue weighted by atomic mass is 10.1. The molecule has 0 aliphatic carbocycles. The average molecular weight is 408 g/mol. The van der Waals surface area contributed by atoms with Crippen molar-refractivity contribution in [2.75, 3.05) is 20.2 Å². The molecule has 2 aromatic carbocycles. The van der Waals surface area contributed by atoms with E-state index >= 15 is 0 Å². The van der Waals surface area contributed by atoms with Gasteiger partial charge >= 0.3 is 0 Å². The molecule has 30 heavy (non-hydrogen) atoms. The van der Waals surface area contributed by atoms with Gasteiger partial charge in [0.15, 0.2) is 17.6 Å². The quantitative estimate of drug-likeness (QED) is 0.618. The number of rotatable bonds is 6. The van der Waals surface area contributed by atoms with Crippen LogP contribution in [-0.2, 0) is 6.61 Å². The second kappa shape index (κ2) is 8.49. The highest BCUT2D eigenvalue weighted by Crippen LogP contribution is 2.31. The second-order valence-corrected chi connectivity index (χ2v) is 7.30. The van der Waals surface area contributed by atoms with E-state index < -0.39 is 0 Å². The van der Waals surface area contributed by atoms with Gasteiger partial charge < -0.3 is 23.6 Å². The molecule has 1 aliphatic rings. The van der Waals surface area contributed by atoms with Crippen LogP contribution in [-0.4, -0.2) is 42.3 Å². The van der Waals surface area contributed by atoms with Crippen LogP contribution in [0.4, 0.5) is 0 Å². The largest absolute Gasteiger partial charge is 0.489 e. The highest BCUT2D eigenvalue weighted by atomic mass is 16.6. The normalized spacial score (nSPS) is 15.0. The zero-order chi connectivity index (χ0) is 21.1. The number of hydrogen-bond acceptors (Lipinski definition) is 6. The number of amides is 1. The van der Waals surface area contributed by atoms with Gasteiger partial charge in [0.2, 0.25) is 0 Å². The number of ether oxygens (including phenoxy) is 3. The monoisotopic (exact) mass is 408 g/mol. The van der Waals surface area contributed by atoms with E-state index in [1.54, 1.807) is 30.1 Å². The summed E-state index contributed by atoms with van der Waals surface area (Å²) in [6.45, 7) is 4.87. The van der Waals surface area contributed by atoms with Crippen molar-refractivity contribution < 1.29 is 23.5 Å². The van der Waals surface area contributed by atoms with Gasteiger partial charge in [0, 0.05) is 12.6 Å². The maximum atomic E-state index is 12.9. The Morgan fingerprint density at radius 2 is 1.97 bits per heavy atom. The molecule has 1 atom stereocenters. The molecule has 0 fully saturated rings. The number of nitrogens with zero attached hydrogens (tertiary/aromatic N) is 2. The first-order valence-electron chi connectivity index (χ1n) is 9.80. The van der Waals surface area contributed by atoms with Crippen LogP contribution < -0.4 is 14.2 Å². The molecule has 0 unspecified atom stereocenters. The molecular formula is C23H24N2O5. The SMILES string of the molecule is Cc1noc(C)c1COc1cccc(C(=O)N(C)C[C@H]2COc3ccccc3O2)c1. The van der Waals surface area contributed by atoms with Gasteiger partial charge in [0.05, 0.1) is 17.8 Å². The highest BCUT2D eigenvalue weighted by molar-refractivity contribution is 5.94. The van der Waals surface area contributed by atoms with Gasteiger partial charge in [0.1, 0.15) is 24.7 Å². The maximum Gasteiger partial charge on any atom is 0.253 e. The molecule has 156 valence electrons. The third-order valence-corrected chi connectivity index (χ3v) is 5.04. The van der Waals surface area contributed by atoms with Gasteiger partial charge in [-0.1, -0.05) is 23.4 Å². The van der Waals surface area contributed by atoms with E-state index in [9.17, 15) is 4.79 Å². The van der Waals surface area contributed by atoms with Crippen LogP contribution in [0.1, 0.15) is 27.4 Å². The predicted molar refractivity (Wildman–Crippen MR) is 110 cm³/mol. The Labute approximate surface area is 175 Å². The minimum absolute atomic E-state index is 0.111. The van der Waals surface area contributed by atoms with E-state index in [0.717, 1.165) is 22.8 Å². The van der Waals surface area contributed by atoms with Crippen LogP contribution in [0.3, 0.4) is 0 Å². The summed E-state index contributed by atoms with van der Waals surface area (Å²) < 4.78 is 22.7. The lowest BCUT2D eigenvalue weighted by Crippen LogP contribution is -2.41. The summed E-state index contributed by atoms with van der Waals surface area (Å²) in [5.74, 6) is 2.66. The van der Waals surface area contributed by atoms with Crippen molar-refractivity contribution in [2.45, 2.75) is 26.6 Å². The lowest BCUT2D eigenvalue weighted by molar-refractivity contribution is 0.0520. The molecular weight excluding hydrogens is 384 g/mol. The Bertz CT molecular complexity index is 1030. The Balaban J connectivity index is 1.38. The molecule has 0 N–H and O–H groups in total. The number of carbonyl (C=O) groups is 1. The molecule has 1 amide bonds. The van der Waals surface area contributed by atoms with Crippen molar-refractivity contribution in [1.82, 2.24) is 10.1 Å². The Kier molecular flexibility index (Phi) is 5.61. The lowest BCUT2D eigenvalue weighted by Gasteiger charge is -2.29. The summed E-state index contributed by atoms with van der Waals surface area (Å²) >= 11 is 0. The standard InChI is InChI=1S/C23H24N2O5/c1-15-20(16(2)30-24-15)14-27-18-8-6-7-17(11-18)23(26)25(3)12-19-13-28-21-9-4-5-10-22(21)29-19/h4-11,19H,12-14H2,1-3H3/t19-/m0/s1. The van der Waals surface area contributed by atoms with Gasteiger partial charge in [-0.15, -0.1) is 0 Å². The smallest absolute Gasteiger partial charge is 0.253 e. The van der Waals surface area contributed by atoms with Gasteiger partial charge in [-0.25, -0.2) is 0 Å². The molecule has 0 spiro atoms. The molecule has 1 aromatic heterocycles. The molecule has 7 heteroatoms. The third kappa shape index (κ3) is 4.25. The summed E-state index contributed by atoms with van der Waals surface area (Å²) in [5, 5.41) is 3.93. The summed E-state index contributed by atoms with van der Waals surface area (Å²) in [6, 6.07) is 14.7. The van der Waals surface area contributed by atoms with E-state index in [1.165, 1.54) is 0 Å². The molecule has 1 aliphatic heterocycles. The molecule has 3 aromatic rings. The molecule has 0 bridgehead atoms. The zero-order valence-corrected chi connectivity index (χ0v) is 17.3. The number of carbonyl (C=O) groups excluding carboxylic acids is 1. The minimum Gasteiger partial charge on any atom is -0.489 e. The Hall–Kier alpha value is -3.48. The first-order chi connectivity index (χ1) is 14.5. The number of likely N-dealkylation sites (N-methyl/N-ethyl adjacent to an activating group) is 1. The molecule has 0 saturated carbocycles. The number of fused-ring (bicyclic) bond motifs is 1. The van der Waals surface area contributed by atoms with Gasteiger partial charge in [-0.05, 0) is 44.2 Å². The molecule has 0 radical (unpaired) electrons. The topological polar surface area (TPSA) is 74.0 Å². The number of hydrogen-bond donors (Lipinski definition) is 0. The number of para-hydroxylation sites is 2. The van der Waals surface area contributed by atoms with E-state index in [-0.39, 0.29) is 12.0 Å². The zero-order valence-electron chi connectivity index (χ0n) is 17.3. The number of aromatic nitrogens is 1. The third-order valence-electron chi connectivity index (χ3n) is 5.04. The van der Waals surface area contributed by atoms with Crippen LogP contribution in [0.15, 0.2) is 53.1 Å². The van der Waals surface area contributed by atoms with E-state index in [2.05, 4.69) is 5.16 Å². The van der Waals surface area contributed by atoms with E-state index in [1.807, 2.05) is 44.2 Å². The van der Waals surface area contributed by atoms with Crippen molar-refractivity contribution >= 4 is 5.91 Å². The van der Waals surface area contributed by atoms with Gasteiger partial charge in [-0.2, -0.15) is 0 Å². The van der Waals surface area contributed by atoms with Crippen LogP contribution in [0, 0.1) is 13.8 Å². The van der Waals surface area contributed by atoms with E-state index in [4.69, 9.17) is 18.7 Å². The molecule has 7 nitrogen and oxygen atoms in total. The van der Waals surface area contributed by atoms with Crippen LogP contribution in [0.5, 0.6) is 17.2 Å². The Morgan fingerprint density at radius 3 is 2.73 bits per heavy atom. The molecule has 2 heterocycles. The van der Waals surface area contributed by atoms with Gasteiger partial charge in [0.25, 0.3) is 5.91 Å². The highest BCUT2D eigenvalue weighted by Gasteiger charge is 2.24. The van der Waals surface area contributed by atoms with Crippen LogP contribution in [0.2, 0.25) is 0 Å². The van der Waals surface area contributed by atoms with Crippen LogP contribution >= 0.6 is 0 Å². The molecule has 0 saturated heterocycles. The number of benzene rings is 2. The van der Waals surface area contributed by atoms with E-state index in [0.29, 0.717) is 36.8 Å². The van der Waals surface area contributed by atoms with Crippen molar-refractivity contribution in [3.05, 3.63) is 71.1 Å². The predicted octanol–water partition coefficient (Wildman–Crippen LogP) is 3.78. The number of aryl methyl sites for hydroxylation is 2. The van der Waals surface area contributed by atoms with Crippen molar-refractivity contribution in [1.29, 1.82) is 0 Å². The fraction of sp³-hybridized carbons (Fsp3) is 0.304. The summed E-state index contributed by atoms with van der Waals surface area (Å²) in [5.41, 5.74) is 2.26. The average Bonchev–Trinajstić information content (AvgIpc) is 3.09. The van der Waals surface area contributed by atoms with Crippen molar-refractivity contribution in [2.24, 2.45) is 0 Å².